The molecule has 3 rings (SSSR count). The molecule has 148 valence electrons. The first kappa shape index (κ1) is 20.5. The molecule has 2 aliphatic rings. The first-order chi connectivity index (χ1) is 13.1. The van der Waals surface area contributed by atoms with Gasteiger partial charge < -0.3 is 9.80 Å². The second-order valence-corrected chi connectivity index (χ2v) is 8.64. The zero-order valence-electron chi connectivity index (χ0n) is 15.7. The SMILES string of the molecule is O=C(CSCc1ccc(Cl)cc1)N1CCCN(CC(=O)N2CCCC2)CC1. The molecule has 2 aliphatic heterocycles. The van der Waals surface area contributed by atoms with E-state index in [0.29, 0.717) is 18.8 Å². The highest BCUT2D eigenvalue weighted by atomic mass is 35.5. The van der Waals surface area contributed by atoms with Gasteiger partial charge in [-0.25, -0.2) is 0 Å². The molecule has 27 heavy (non-hydrogen) atoms. The Kier molecular flexibility index (Phi) is 7.85. The predicted octanol–water partition coefficient (Wildman–Crippen LogP) is 2.73. The van der Waals surface area contributed by atoms with Gasteiger partial charge in [0, 0.05) is 50.0 Å². The third-order valence-corrected chi connectivity index (χ3v) is 6.41. The quantitative estimate of drug-likeness (QED) is 0.724. The normalized spacial score (nSPS) is 18.6. The summed E-state index contributed by atoms with van der Waals surface area (Å²) in [6.45, 7) is 5.48. The molecule has 1 aromatic rings. The number of benzene rings is 1. The fourth-order valence-corrected chi connectivity index (χ4v) is 4.58. The molecular weight excluding hydrogens is 382 g/mol. The van der Waals surface area contributed by atoms with Gasteiger partial charge in [0.2, 0.25) is 11.8 Å². The van der Waals surface area contributed by atoms with E-state index in [-0.39, 0.29) is 11.8 Å². The Labute approximate surface area is 171 Å². The third kappa shape index (κ3) is 6.40. The summed E-state index contributed by atoms with van der Waals surface area (Å²) < 4.78 is 0. The molecule has 0 aromatic heterocycles. The molecule has 5 nitrogen and oxygen atoms in total. The fourth-order valence-electron chi connectivity index (χ4n) is 3.56. The van der Waals surface area contributed by atoms with Crippen LogP contribution in [-0.2, 0) is 15.3 Å². The van der Waals surface area contributed by atoms with E-state index in [1.807, 2.05) is 34.1 Å². The predicted molar refractivity (Wildman–Crippen MR) is 111 cm³/mol. The smallest absolute Gasteiger partial charge is 0.236 e. The number of nitrogens with zero attached hydrogens (tertiary/aromatic N) is 3. The lowest BCUT2D eigenvalue weighted by Crippen LogP contribution is -2.41. The van der Waals surface area contributed by atoms with Crippen LogP contribution in [0.25, 0.3) is 0 Å². The van der Waals surface area contributed by atoms with Gasteiger partial charge in [-0.05, 0) is 37.0 Å². The number of amides is 2. The van der Waals surface area contributed by atoms with Crippen molar-refractivity contribution in [2.45, 2.75) is 25.0 Å². The minimum absolute atomic E-state index is 0.196. The highest BCUT2D eigenvalue weighted by Crippen LogP contribution is 2.16. The Morgan fingerprint density at radius 2 is 1.52 bits per heavy atom. The van der Waals surface area contributed by atoms with Crippen LogP contribution in [0.5, 0.6) is 0 Å². The molecule has 0 spiro atoms. The number of rotatable bonds is 6. The summed E-state index contributed by atoms with van der Waals surface area (Å²) in [5.41, 5.74) is 1.18. The standard InChI is InChI=1S/C20H28ClN3O2S/c21-18-6-4-17(5-7-18)15-27-16-20(26)24-11-3-8-22(12-13-24)14-19(25)23-9-1-2-10-23/h4-7H,1-3,8-16H2. The van der Waals surface area contributed by atoms with E-state index in [0.717, 1.165) is 62.8 Å². The van der Waals surface area contributed by atoms with Crippen LogP contribution in [0.2, 0.25) is 5.02 Å². The van der Waals surface area contributed by atoms with Crippen LogP contribution in [0.1, 0.15) is 24.8 Å². The largest absolute Gasteiger partial charge is 0.342 e. The van der Waals surface area contributed by atoms with E-state index in [4.69, 9.17) is 11.6 Å². The van der Waals surface area contributed by atoms with Gasteiger partial charge in [-0.3, -0.25) is 14.5 Å². The average Bonchev–Trinajstić information content (AvgIpc) is 3.11. The van der Waals surface area contributed by atoms with Crippen LogP contribution >= 0.6 is 23.4 Å². The Balaban J connectivity index is 1.38. The molecule has 2 heterocycles. The number of hydrogen-bond acceptors (Lipinski definition) is 4. The summed E-state index contributed by atoms with van der Waals surface area (Å²) in [6, 6.07) is 7.76. The highest BCUT2D eigenvalue weighted by molar-refractivity contribution is 7.99. The van der Waals surface area contributed by atoms with Crippen LogP contribution in [0.4, 0.5) is 0 Å². The van der Waals surface area contributed by atoms with Crippen LogP contribution in [0, 0.1) is 0 Å². The summed E-state index contributed by atoms with van der Waals surface area (Å²) in [4.78, 5) is 31.0. The zero-order chi connectivity index (χ0) is 19.1. The lowest BCUT2D eigenvalue weighted by Gasteiger charge is -2.24. The van der Waals surface area contributed by atoms with E-state index >= 15 is 0 Å². The molecule has 0 atom stereocenters. The second kappa shape index (κ2) is 10.3. The molecule has 2 fully saturated rings. The van der Waals surface area contributed by atoms with Gasteiger partial charge in [0.05, 0.1) is 12.3 Å². The lowest BCUT2D eigenvalue weighted by molar-refractivity contribution is -0.131. The first-order valence-corrected chi connectivity index (χ1v) is 11.3. The number of likely N-dealkylation sites (tertiary alicyclic amines) is 1. The third-order valence-electron chi connectivity index (χ3n) is 5.17. The minimum atomic E-state index is 0.196. The van der Waals surface area contributed by atoms with Crippen molar-refractivity contribution in [1.29, 1.82) is 0 Å². The zero-order valence-corrected chi connectivity index (χ0v) is 17.3. The Hall–Kier alpha value is -1.24. The number of hydrogen-bond donors (Lipinski definition) is 0. The van der Waals surface area contributed by atoms with Crippen molar-refractivity contribution in [3.63, 3.8) is 0 Å². The maximum atomic E-state index is 12.5. The van der Waals surface area contributed by atoms with Crippen molar-refractivity contribution < 1.29 is 9.59 Å². The second-order valence-electron chi connectivity index (χ2n) is 7.22. The minimum Gasteiger partial charge on any atom is -0.342 e. The van der Waals surface area contributed by atoms with Gasteiger partial charge in [-0.15, -0.1) is 11.8 Å². The number of carbonyl (C=O) groups excluding carboxylic acids is 2. The van der Waals surface area contributed by atoms with Crippen molar-refractivity contribution in [2.24, 2.45) is 0 Å². The molecule has 1 aromatic carbocycles. The summed E-state index contributed by atoms with van der Waals surface area (Å²) >= 11 is 7.54. The molecule has 0 aliphatic carbocycles. The van der Waals surface area contributed by atoms with Crippen molar-refractivity contribution in [3.05, 3.63) is 34.9 Å². The molecule has 0 saturated carbocycles. The summed E-state index contributed by atoms with van der Waals surface area (Å²) in [5, 5.41) is 0.733. The number of halogens is 1. The van der Waals surface area contributed by atoms with Crippen LogP contribution in [0.15, 0.2) is 24.3 Å². The van der Waals surface area contributed by atoms with Gasteiger partial charge >= 0.3 is 0 Å². The van der Waals surface area contributed by atoms with Crippen molar-refractivity contribution >= 4 is 35.2 Å². The summed E-state index contributed by atoms with van der Waals surface area (Å²) in [7, 11) is 0. The topological polar surface area (TPSA) is 43.9 Å². The van der Waals surface area contributed by atoms with E-state index in [9.17, 15) is 9.59 Å². The number of carbonyl (C=O) groups is 2. The molecule has 0 N–H and O–H groups in total. The fraction of sp³-hybridized carbons (Fsp3) is 0.600. The molecule has 2 saturated heterocycles. The van der Waals surface area contributed by atoms with E-state index in [2.05, 4.69) is 4.90 Å². The maximum Gasteiger partial charge on any atom is 0.236 e. The molecule has 7 heteroatoms. The van der Waals surface area contributed by atoms with Crippen molar-refractivity contribution in [1.82, 2.24) is 14.7 Å². The van der Waals surface area contributed by atoms with Crippen LogP contribution < -0.4 is 0 Å². The van der Waals surface area contributed by atoms with Crippen LogP contribution in [-0.4, -0.2) is 78.1 Å². The van der Waals surface area contributed by atoms with Gasteiger partial charge in [0.25, 0.3) is 0 Å². The Bertz CT molecular complexity index is 635. The first-order valence-electron chi connectivity index (χ1n) is 9.72. The summed E-state index contributed by atoms with van der Waals surface area (Å²) in [5.74, 6) is 1.75. The Morgan fingerprint density at radius 3 is 2.26 bits per heavy atom. The van der Waals surface area contributed by atoms with Gasteiger partial charge in [-0.1, -0.05) is 23.7 Å². The summed E-state index contributed by atoms with van der Waals surface area (Å²) in [6.07, 6.45) is 3.18. The van der Waals surface area contributed by atoms with Gasteiger partial charge in [0.1, 0.15) is 0 Å². The van der Waals surface area contributed by atoms with Gasteiger partial charge in [0.15, 0.2) is 0 Å². The maximum absolute atomic E-state index is 12.5. The van der Waals surface area contributed by atoms with Gasteiger partial charge in [-0.2, -0.15) is 0 Å². The molecule has 0 bridgehead atoms. The highest BCUT2D eigenvalue weighted by Gasteiger charge is 2.23. The molecular formula is C20H28ClN3O2S. The van der Waals surface area contributed by atoms with E-state index < -0.39 is 0 Å². The van der Waals surface area contributed by atoms with Crippen molar-refractivity contribution in [2.75, 3.05) is 51.6 Å². The average molecular weight is 410 g/mol. The molecule has 0 radical (unpaired) electrons. The lowest BCUT2D eigenvalue weighted by atomic mass is 10.2. The van der Waals surface area contributed by atoms with E-state index in [1.54, 1.807) is 11.8 Å². The van der Waals surface area contributed by atoms with E-state index in [1.165, 1.54) is 5.56 Å². The number of thioether (sulfide) groups is 1. The molecule has 0 unspecified atom stereocenters. The Morgan fingerprint density at radius 1 is 0.852 bits per heavy atom. The molecule has 2 amide bonds. The monoisotopic (exact) mass is 409 g/mol. The van der Waals surface area contributed by atoms with Crippen molar-refractivity contribution in [3.8, 4) is 0 Å². The van der Waals surface area contributed by atoms with Crippen LogP contribution in [0.3, 0.4) is 0 Å².